The number of aromatic nitrogens is 1. The van der Waals surface area contributed by atoms with Gasteiger partial charge in [0.2, 0.25) is 4.80 Å². The molecular weight excluding hydrogens is 448 g/mol. The Morgan fingerprint density at radius 1 is 1.21 bits per heavy atom. The summed E-state index contributed by atoms with van der Waals surface area (Å²) >= 11 is 1.52. The highest BCUT2D eigenvalue weighted by Crippen LogP contribution is 2.42. The van der Waals surface area contributed by atoms with E-state index in [2.05, 4.69) is 23.7 Å². The zero-order chi connectivity index (χ0) is 23.1. The summed E-state index contributed by atoms with van der Waals surface area (Å²) in [6.45, 7) is 0.0383. The topological polar surface area (TPSA) is 77.2 Å². The van der Waals surface area contributed by atoms with E-state index in [0.29, 0.717) is 29.2 Å². The quantitative estimate of drug-likeness (QED) is 0.427. The van der Waals surface area contributed by atoms with Crippen LogP contribution in [0.4, 0.5) is 11.4 Å². The van der Waals surface area contributed by atoms with Gasteiger partial charge in [-0.25, -0.2) is 9.67 Å². The second kappa shape index (κ2) is 8.61. The number of allylic oxidation sites excluding steroid dienone is 2. The molecule has 3 atom stereocenters. The van der Waals surface area contributed by atoms with E-state index in [0.717, 1.165) is 33.9 Å². The zero-order valence-electron chi connectivity index (χ0n) is 18.7. The Hall–Kier alpha value is -3.65. The van der Waals surface area contributed by atoms with E-state index in [9.17, 15) is 4.79 Å². The minimum atomic E-state index is -0.154. The summed E-state index contributed by atoms with van der Waals surface area (Å²) in [5, 5.41) is 9.87. The molecule has 1 N–H and O–H groups in total. The Kier molecular flexibility index (Phi) is 5.30. The first-order valence-corrected chi connectivity index (χ1v) is 12.2. The first-order chi connectivity index (χ1) is 16.7. The molecule has 0 spiro atoms. The van der Waals surface area contributed by atoms with Gasteiger partial charge in [0, 0.05) is 29.1 Å². The Labute approximate surface area is 201 Å². The molecule has 2 aromatic carbocycles. The van der Waals surface area contributed by atoms with Crippen LogP contribution >= 0.6 is 11.3 Å². The van der Waals surface area contributed by atoms with Crippen LogP contribution in [0, 0.1) is 17.8 Å². The molecule has 2 bridgehead atoms. The maximum atomic E-state index is 11.8. The van der Waals surface area contributed by atoms with E-state index < -0.39 is 0 Å². The Bertz CT molecular complexity index is 1390. The van der Waals surface area contributed by atoms with Gasteiger partial charge in [-0.15, -0.1) is 11.3 Å². The van der Waals surface area contributed by atoms with Crippen LogP contribution in [-0.2, 0) is 4.79 Å². The van der Waals surface area contributed by atoms with Crippen LogP contribution in [0.5, 0.6) is 11.5 Å². The van der Waals surface area contributed by atoms with Crippen molar-refractivity contribution < 1.29 is 14.3 Å². The molecule has 1 aliphatic heterocycles. The SMILES string of the molecule is COc1cccc(N=c2scc(-c3ccc4c(c3)NC(=O)CO4)n2N=CC2CC3C=CC2C3)c1. The molecule has 3 aliphatic rings. The molecule has 2 heterocycles. The van der Waals surface area contributed by atoms with Crippen LogP contribution in [0.2, 0.25) is 0 Å². The molecule has 1 fully saturated rings. The smallest absolute Gasteiger partial charge is 0.262 e. The van der Waals surface area contributed by atoms with Gasteiger partial charge >= 0.3 is 0 Å². The molecule has 6 rings (SSSR count). The van der Waals surface area contributed by atoms with Crippen molar-refractivity contribution >= 4 is 34.8 Å². The van der Waals surface area contributed by atoms with Crippen LogP contribution in [0.1, 0.15) is 12.8 Å². The molecule has 3 unspecified atom stereocenters. The van der Waals surface area contributed by atoms with Gasteiger partial charge in [0.15, 0.2) is 6.61 Å². The predicted octanol–water partition coefficient (Wildman–Crippen LogP) is 4.83. The van der Waals surface area contributed by atoms with Gasteiger partial charge in [0.25, 0.3) is 5.91 Å². The molecule has 3 aromatic rings. The average Bonchev–Trinajstić information content (AvgIpc) is 3.58. The minimum Gasteiger partial charge on any atom is -0.497 e. The van der Waals surface area contributed by atoms with Gasteiger partial charge < -0.3 is 14.8 Å². The second-order valence-electron chi connectivity index (χ2n) is 8.79. The maximum Gasteiger partial charge on any atom is 0.262 e. The third-order valence-corrected chi connectivity index (χ3v) is 7.39. The molecule has 8 heteroatoms. The predicted molar refractivity (Wildman–Crippen MR) is 133 cm³/mol. The van der Waals surface area contributed by atoms with Crippen molar-refractivity contribution in [3.63, 3.8) is 0 Å². The van der Waals surface area contributed by atoms with Crippen molar-refractivity contribution in [2.24, 2.45) is 27.8 Å². The second-order valence-corrected chi connectivity index (χ2v) is 9.62. The van der Waals surface area contributed by atoms with Crippen LogP contribution in [-0.4, -0.2) is 30.5 Å². The Morgan fingerprint density at radius 3 is 2.97 bits per heavy atom. The summed E-state index contributed by atoms with van der Waals surface area (Å²) in [6.07, 6.45) is 9.12. The monoisotopic (exact) mass is 472 g/mol. The average molecular weight is 473 g/mol. The summed E-state index contributed by atoms with van der Waals surface area (Å²) in [5.41, 5.74) is 3.30. The summed E-state index contributed by atoms with van der Waals surface area (Å²) in [6, 6.07) is 13.5. The van der Waals surface area contributed by atoms with Gasteiger partial charge in [0.05, 0.1) is 24.2 Å². The molecular formula is C26H24N4O3S. The molecule has 7 nitrogen and oxygen atoms in total. The van der Waals surface area contributed by atoms with Gasteiger partial charge in [0.1, 0.15) is 11.5 Å². The summed E-state index contributed by atoms with van der Waals surface area (Å²) in [5.74, 6) is 2.97. The fourth-order valence-corrected chi connectivity index (χ4v) is 5.72. The summed E-state index contributed by atoms with van der Waals surface area (Å²) in [4.78, 5) is 17.4. The minimum absolute atomic E-state index is 0.0383. The number of hydrogen-bond acceptors (Lipinski definition) is 6. The number of benzene rings is 2. The Balaban J connectivity index is 1.43. The van der Waals surface area contributed by atoms with Crippen molar-refractivity contribution in [2.75, 3.05) is 19.0 Å². The first kappa shape index (κ1) is 20.9. The highest BCUT2D eigenvalue weighted by atomic mass is 32.1. The van der Waals surface area contributed by atoms with Gasteiger partial charge in [-0.2, -0.15) is 5.10 Å². The Morgan fingerprint density at radius 2 is 2.15 bits per heavy atom. The number of anilines is 1. The number of methoxy groups -OCH3 is 1. The molecule has 2 aliphatic carbocycles. The van der Waals surface area contributed by atoms with Crippen molar-refractivity contribution in [2.45, 2.75) is 12.8 Å². The number of nitrogens with zero attached hydrogens (tertiary/aromatic N) is 3. The highest BCUT2D eigenvalue weighted by molar-refractivity contribution is 7.07. The highest BCUT2D eigenvalue weighted by Gasteiger charge is 2.34. The molecule has 1 amide bonds. The summed E-state index contributed by atoms with van der Waals surface area (Å²) < 4.78 is 12.8. The number of amides is 1. The lowest BCUT2D eigenvalue weighted by Gasteiger charge is -2.18. The van der Waals surface area contributed by atoms with E-state index >= 15 is 0 Å². The lowest BCUT2D eigenvalue weighted by atomic mass is 9.95. The molecule has 0 radical (unpaired) electrons. The third kappa shape index (κ3) is 3.94. The number of nitrogens with one attached hydrogen (secondary N) is 1. The molecule has 1 saturated carbocycles. The maximum absolute atomic E-state index is 11.8. The van der Waals surface area contributed by atoms with Crippen LogP contribution in [0.25, 0.3) is 11.3 Å². The number of rotatable bonds is 5. The van der Waals surface area contributed by atoms with Gasteiger partial charge in [-0.05, 0) is 55.0 Å². The lowest BCUT2D eigenvalue weighted by molar-refractivity contribution is -0.118. The van der Waals surface area contributed by atoms with E-state index in [-0.39, 0.29) is 12.5 Å². The fourth-order valence-electron chi connectivity index (χ4n) is 4.87. The summed E-state index contributed by atoms with van der Waals surface area (Å²) in [7, 11) is 1.65. The van der Waals surface area contributed by atoms with Gasteiger partial charge in [-0.3, -0.25) is 4.79 Å². The largest absolute Gasteiger partial charge is 0.497 e. The van der Waals surface area contributed by atoms with Crippen molar-refractivity contribution in [1.82, 2.24) is 4.68 Å². The van der Waals surface area contributed by atoms with Gasteiger partial charge in [-0.1, -0.05) is 18.2 Å². The molecule has 0 saturated heterocycles. The van der Waals surface area contributed by atoms with Crippen molar-refractivity contribution in [3.8, 4) is 22.8 Å². The van der Waals surface area contributed by atoms with E-state index in [1.165, 1.54) is 17.8 Å². The van der Waals surface area contributed by atoms with Crippen molar-refractivity contribution in [1.29, 1.82) is 0 Å². The standard InChI is InChI=1S/C26H24N4O3S/c1-32-21-4-2-3-20(12-21)28-26-30(27-13-19-10-16-5-6-17(19)9-16)23(15-34-26)18-7-8-24-22(11-18)29-25(31)14-33-24/h2-8,11-13,15-17,19H,9-10,14H2,1H3,(H,29,31). The van der Waals surface area contributed by atoms with E-state index in [1.807, 2.05) is 52.5 Å². The number of hydrogen-bond donors (Lipinski definition) is 1. The molecule has 34 heavy (non-hydrogen) atoms. The normalized spacial score (nSPS) is 23.3. The molecule has 172 valence electrons. The first-order valence-electron chi connectivity index (χ1n) is 11.4. The number of carbonyl (C=O) groups excluding carboxylic acids is 1. The molecule has 1 aromatic heterocycles. The van der Waals surface area contributed by atoms with Crippen LogP contribution in [0.15, 0.2) is 70.1 Å². The lowest BCUT2D eigenvalue weighted by Crippen LogP contribution is -2.25. The fraction of sp³-hybridized carbons (Fsp3) is 0.269. The third-order valence-electron chi connectivity index (χ3n) is 6.58. The number of ether oxygens (including phenoxy) is 2. The number of fused-ring (bicyclic) bond motifs is 3. The number of carbonyl (C=O) groups is 1. The van der Waals surface area contributed by atoms with Crippen LogP contribution < -0.4 is 19.6 Å². The van der Waals surface area contributed by atoms with E-state index in [1.54, 1.807) is 7.11 Å². The van der Waals surface area contributed by atoms with Crippen molar-refractivity contribution in [3.05, 3.63) is 64.8 Å². The van der Waals surface area contributed by atoms with E-state index in [4.69, 9.17) is 19.6 Å². The number of thiazole rings is 1. The zero-order valence-corrected chi connectivity index (χ0v) is 19.5. The van der Waals surface area contributed by atoms with Crippen LogP contribution in [0.3, 0.4) is 0 Å².